The smallest absolute Gasteiger partial charge is 0.416 e. The third kappa shape index (κ3) is 4.09. The molecular formula is C21H26F3N3O2. The van der Waals surface area contributed by atoms with Gasteiger partial charge >= 0.3 is 6.18 Å². The van der Waals surface area contributed by atoms with Gasteiger partial charge in [0, 0.05) is 18.0 Å². The van der Waals surface area contributed by atoms with E-state index in [9.17, 15) is 23.4 Å². The first-order valence-corrected chi connectivity index (χ1v) is 9.58. The number of phenolic OH excluding ortho intramolecular Hbond substituents is 1. The molecule has 1 aromatic heterocycles. The number of nitrogens with zero attached hydrogens (tertiary/aromatic N) is 3. The lowest BCUT2D eigenvalue weighted by molar-refractivity contribution is -0.137. The van der Waals surface area contributed by atoms with Crippen molar-refractivity contribution in [1.29, 1.82) is 0 Å². The summed E-state index contributed by atoms with van der Waals surface area (Å²) in [7, 11) is 2.02. The van der Waals surface area contributed by atoms with Gasteiger partial charge in [-0.2, -0.15) is 18.3 Å². The van der Waals surface area contributed by atoms with E-state index in [0.29, 0.717) is 28.6 Å². The number of hydrogen-bond donors (Lipinski definition) is 2. The van der Waals surface area contributed by atoms with Crippen LogP contribution in [0.4, 0.5) is 13.2 Å². The number of hydrogen-bond acceptors (Lipinski definition) is 5. The van der Waals surface area contributed by atoms with Crippen LogP contribution in [0.25, 0.3) is 11.3 Å². The molecule has 158 valence electrons. The summed E-state index contributed by atoms with van der Waals surface area (Å²) in [5, 5.41) is 29.9. The lowest BCUT2D eigenvalue weighted by Gasteiger charge is -2.39. The Morgan fingerprint density at radius 3 is 2.41 bits per heavy atom. The molecule has 0 saturated carbocycles. The second kappa shape index (κ2) is 7.57. The van der Waals surface area contributed by atoms with Gasteiger partial charge in [-0.05, 0) is 76.5 Å². The molecule has 0 aliphatic carbocycles. The summed E-state index contributed by atoms with van der Waals surface area (Å²) in [6.45, 7) is 7.05. The number of piperidine rings is 1. The molecule has 8 heteroatoms. The Hall–Kier alpha value is -2.19. The maximum absolute atomic E-state index is 12.9. The van der Waals surface area contributed by atoms with Gasteiger partial charge in [0.1, 0.15) is 11.4 Å². The standard InChI is InChI=1S/C21H26F3N3O2/c1-12-13(2)19(20(3,29)15-6-5-9-27(4)11-15)26-25-18(12)16-8-7-14(10-17(16)28)21(22,23)24/h7-8,10,15,28-29H,5-6,9,11H2,1-4H3. The van der Waals surface area contributed by atoms with Crippen molar-refractivity contribution >= 4 is 0 Å². The number of rotatable bonds is 3. The fourth-order valence-electron chi connectivity index (χ4n) is 4.07. The molecule has 1 aromatic carbocycles. The highest BCUT2D eigenvalue weighted by Gasteiger charge is 2.39. The van der Waals surface area contributed by atoms with Crippen LogP contribution < -0.4 is 0 Å². The molecule has 2 aromatic rings. The van der Waals surface area contributed by atoms with Crippen LogP contribution >= 0.6 is 0 Å². The zero-order valence-electron chi connectivity index (χ0n) is 17.0. The molecule has 1 saturated heterocycles. The molecule has 1 aliphatic rings. The summed E-state index contributed by atoms with van der Waals surface area (Å²) in [5.41, 5.74) is 0.204. The number of aromatic nitrogens is 2. The molecule has 0 spiro atoms. The van der Waals surface area contributed by atoms with Gasteiger partial charge in [-0.15, -0.1) is 5.10 Å². The van der Waals surface area contributed by atoms with Crippen molar-refractivity contribution in [2.75, 3.05) is 20.1 Å². The molecule has 0 bridgehead atoms. The zero-order valence-corrected chi connectivity index (χ0v) is 17.0. The first-order chi connectivity index (χ1) is 13.4. The number of halogens is 3. The molecule has 2 unspecified atom stereocenters. The molecule has 1 aliphatic heterocycles. The minimum atomic E-state index is -4.54. The lowest BCUT2D eigenvalue weighted by atomic mass is 9.79. The van der Waals surface area contributed by atoms with Crippen molar-refractivity contribution in [1.82, 2.24) is 15.1 Å². The minimum absolute atomic E-state index is 0.000952. The van der Waals surface area contributed by atoms with Gasteiger partial charge in [-0.3, -0.25) is 0 Å². The van der Waals surface area contributed by atoms with Crippen molar-refractivity contribution in [3.05, 3.63) is 40.6 Å². The SMILES string of the molecule is Cc1c(-c2ccc(C(F)(F)F)cc2O)nnc(C(C)(O)C2CCCN(C)C2)c1C. The van der Waals surface area contributed by atoms with E-state index in [1.165, 1.54) is 6.07 Å². The van der Waals surface area contributed by atoms with Crippen LogP contribution in [0.5, 0.6) is 5.75 Å². The van der Waals surface area contributed by atoms with Gasteiger partial charge in [-0.1, -0.05) is 0 Å². The Kier molecular flexibility index (Phi) is 5.62. The fraction of sp³-hybridized carbons (Fsp3) is 0.524. The van der Waals surface area contributed by atoms with Crippen molar-refractivity contribution in [3.63, 3.8) is 0 Å². The van der Waals surface area contributed by atoms with Gasteiger partial charge in [0.25, 0.3) is 0 Å². The van der Waals surface area contributed by atoms with Gasteiger partial charge in [0.2, 0.25) is 0 Å². The number of phenols is 1. The summed E-state index contributed by atoms with van der Waals surface area (Å²) in [6.07, 6.45) is -2.68. The first-order valence-electron chi connectivity index (χ1n) is 9.58. The Bertz CT molecular complexity index is 913. The largest absolute Gasteiger partial charge is 0.507 e. The molecule has 2 atom stereocenters. The van der Waals surface area contributed by atoms with E-state index < -0.39 is 23.1 Å². The summed E-state index contributed by atoms with van der Waals surface area (Å²) < 4.78 is 38.6. The average Bonchev–Trinajstić information content (AvgIpc) is 2.63. The quantitative estimate of drug-likeness (QED) is 0.801. The fourth-order valence-corrected chi connectivity index (χ4v) is 4.07. The number of aliphatic hydroxyl groups is 1. The van der Waals surface area contributed by atoms with Gasteiger partial charge in [-0.25, -0.2) is 0 Å². The maximum Gasteiger partial charge on any atom is 0.416 e. The van der Waals surface area contributed by atoms with Crippen LogP contribution in [0, 0.1) is 19.8 Å². The number of likely N-dealkylation sites (tertiary alicyclic amines) is 1. The predicted molar refractivity (Wildman–Crippen MR) is 103 cm³/mol. The van der Waals surface area contributed by atoms with E-state index in [2.05, 4.69) is 15.1 Å². The van der Waals surface area contributed by atoms with Gasteiger partial charge in [0.05, 0.1) is 17.0 Å². The molecule has 0 radical (unpaired) electrons. The second-order valence-corrected chi connectivity index (χ2v) is 8.13. The van der Waals surface area contributed by atoms with Crippen molar-refractivity contribution in [2.45, 2.75) is 45.4 Å². The third-order valence-electron chi connectivity index (χ3n) is 6.00. The molecule has 5 nitrogen and oxygen atoms in total. The maximum atomic E-state index is 12.9. The van der Waals surface area contributed by atoms with E-state index in [-0.39, 0.29) is 11.5 Å². The second-order valence-electron chi connectivity index (χ2n) is 8.13. The van der Waals surface area contributed by atoms with Crippen molar-refractivity contribution in [2.24, 2.45) is 5.92 Å². The van der Waals surface area contributed by atoms with Gasteiger partial charge in [0.15, 0.2) is 0 Å². The van der Waals surface area contributed by atoms with Gasteiger partial charge < -0.3 is 15.1 Å². The van der Waals surface area contributed by atoms with Crippen LogP contribution in [-0.4, -0.2) is 45.4 Å². The van der Waals surface area contributed by atoms with E-state index in [1.807, 2.05) is 14.0 Å². The number of alkyl halides is 3. The van der Waals surface area contributed by atoms with E-state index in [4.69, 9.17) is 0 Å². The normalized spacial score (nSPS) is 20.5. The highest BCUT2D eigenvalue weighted by atomic mass is 19.4. The Morgan fingerprint density at radius 2 is 1.83 bits per heavy atom. The highest BCUT2D eigenvalue weighted by molar-refractivity contribution is 5.71. The molecular weight excluding hydrogens is 383 g/mol. The lowest BCUT2D eigenvalue weighted by Crippen LogP contribution is -2.44. The third-order valence-corrected chi connectivity index (χ3v) is 6.00. The Labute approximate surface area is 168 Å². The van der Waals surface area contributed by atoms with Crippen LogP contribution in [0.1, 0.15) is 42.1 Å². The van der Waals surface area contributed by atoms with Crippen LogP contribution in [0.3, 0.4) is 0 Å². The minimum Gasteiger partial charge on any atom is -0.507 e. The predicted octanol–water partition coefficient (Wildman–Crippen LogP) is 4.03. The molecule has 2 N–H and O–H groups in total. The van der Waals surface area contributed by atoms with Crippen LogP contribution in [0.15, 0.2) is 18.2 Å². The monoisotopic (exact) mass is 409 g/mol. The summed E-state index contributed by atoms with van der Waals surface area (Å²) in [4.78, 5) is 2.17. The highest BCUT2D eigenvalue weighted by Crippen LogP contribution is 2.40. The van der Waals surface area contributed by atoms with Crippen LogP contribution in [0.2, 0.25) is 0 Å². The zero-order chi connectivity index (χ0) is 21.6. The summed E-state index contributed by atoms with van der Waals surface area (Å²) >= 11 is 0. The van der Waals surface area contributed by atoms with Crippen molar-refractivity contribution in [3.8, 4) is 17.0 Å². The molecule has 29 heavy (non-hydrogen) atoms. The van der Waals surface area contributed by atoms with E-state index in [1.54, 1.807) is 13.8 Å². The number of benzene rings is 1. The van der Waals surface area contributed by atoms with Crippen molar-refractivity contribution < 1.29 is 23.4 Å². The van der Waals surface area contributed by atoms with E-state index in [0.717, 1.165) is 32.0 Å². The molecule has 3 rings (SSSR count). The number of aromatic hydroxyl groups is 1. The van der Waals surface area contributed by atoms with E-state index >= 15 is 0 Å². The Balaban J connectivity index is 2.00. The molecule has 2 heterocycles. The first kappa shape index (κ1) is 21.5. The average molecular weight is 409 g/mol. The molecule has 1 fully saturated rings. The summed E-state index contributed by atoms with van der Waals surface area (Å²) in [6, 6.07) is 2.80. The topological polar surface area (TPSA) is 69.5 Å². The molecule has 0 amide bonds. The van der Waals surface area contributed by atoms with Crippen LogP contribution in [-0.2, 0) is 11.8 Å². The summed E-state index contributed by atoms with van der Waals surface area (Å²) in [5.74, 6) is -0.510. The Morgan fingerprint density at radius 1 is 1.14 bits per heavy atom.